The summed E-state index contributed by atoms with van der Waals surface area (Å²) >= 11 is 1.55. The fourth-order valence-corrected chi connectivity index (χ4v) is 15.7. The number of amides is 6. The van der Waals surface area contributed by atoms with Gasteiger partial charge in [-0.1, -0.05) is 106 Å². The molecule has 0 aliphatic carbocycles. The number of carbonyl (C=O) groups excluding carboxylic acids is 6. The molecule has 0 saturated heterocycles. The van der Waals surface area contributed by atoms with Crippen LogP contribution in [0.5, 0.6) is 0 Å². The van der Waals surface area contributed by atoms with Crippen molar-refractivity contribution in [1.29, 1.82) is 0 Å². The summed E-state index contributed by atoms with van der Waals surface area (Å²) in [6.07, 6.45) is 6.87. The summed E-state index contributed by atoms with van der Waals surface area (Å²) in [4.78, 5) is 220. The lowest BCUT2D eigenvalue weighted by Crippen LogP contribution is -2.43. The van der Waals surface area contributed by atoms with Gasteiger partial charge in [-0.25, -0.2) is 53.3 Å². The number of nitrogens with one attached hydrogen (secondary N) is 6. The Hall–Kier alpha value is -16.8. The smallest absolute Gasteiger partial charge is 0.332 e. The lowest BCUT2D eigenvalue weighted by molar-refractivity contribution is -0.123. The molecule has 0 bridgehead atoms. The van der Waals surface area contributed by atoms with E-state index in [0.717, 1.165) is 32.6 Å². The van der Waals surface area contributed by atoms with Crippen LogP contribution in [0, 0.1) is 12.7 Å². The van der Waals surface area contributed by atoms with Gasteiger partial charge in [0, 0.05) is 103 Å². The molecule has 0 unspecified atom stereocenters. The lowest BCUT2D eigenvalue weighted by atomic mass is 10.0. The van der Waals surface area contributed by atoms with Gasteiger partial charge in [-0.15, -0.1) is 0 Å². The first-order valence-electron chi connectivity index (χ1n) is 43.0. The largest absolute Gasteiger partial charge is 0.350 e. The van der Waals surface area contributed by atoms with E-state index in [1.807, 2.05) is 117 Å². The predicted molar refractivity (Wildman–Crippen MR) is 522 cm³/mol. The molecule has 16 aromatic rings. The van der Waals surface area contributed by atoms with Crippen molar-refractivity contribution in [3.63, 3.8) is 0 Å². The number of benzene rings is 6. The lowest BCUT2D eigenvalue weighted by Gasteiger charge is -2.26. The van der Waals surface area contributed by atoms with Crippen LogP contribution in [0.4, 0.5) is 32.8 Å². The summed E-state index contributed by atoms with van der Waals surface area (Å²) in [6, 6.07) is 43.5. The first kappa shape index (κ1) is 100. The Labute approximate surface area is 787 Å². The van der Waals surface area contributed by atoms with Crippen molar-refractivity contribution in [2.75, 3.05) is 26.6 Å². The van der Waals surface area contributed by atoms with Gasteiger partial charge in [0.15, 0.2) is 55.8 Å². The topological polar surface area (TPSA) is 484 Å². The zero-order chi connectivity index (χ0) is 101. The van der Waals surface area contributed by atoms with Gasteiger partial charge >= 0.3 is 28.4 Å². The van der Waals surface area contributed by atoms with Crippen LogP contribution in [0.3, 0.4) is 0 Å². The van der Waals surface area contributed by atoms with Crippen LogP contribution in [0.2, 0.25) is 0 Å². The minimum atomic E-state index is -1.10. The van der Waals surface area contributed by atoms with E-state index in [0.29, 0.717) is 51.4 Å². The van der Waals surface area contributed by atoms with E-state index >= 15 is 0 Å². The molecule has 0 radical (unpaired) electrons. The van der Waals surface area contributed by atoms with Crippen molar-refractivity contribution in [1.82, 2.24) is 98.7 Å². The normalized spacial score (nSPS) is 11.3. The highest BCUT2D eigenvalue weighted by Gasteiger charge is 2.34. The van der Waals surface area contributed by atoms with Crippen molar-refractivity contribution in [3.05, 3.63) is 309 Å². The third kappa shape index (κ3) is 21.5. The molecule has 0 aliphatic rings. The Balaban J connectivity index is 0.000000155. The molecule has 138 heavy (non-hydrogen) atoms. The van der Waals surface area contributed by atoms with Gasteiger partial charge < -0.3 is 54.7 Å². The molecule has 10 aromatic heterocycles. The van der Waals surface area contributed by atoms with E-state index < -0.39 is 79.4 Å². The predicted octanol–water partition coefficient (Wildman–Crippen LogP) is 6.08. The Bertz CT molecular complexity index is 8110. The van der Waals surface area contributed by atoms with Crippen molar-refractivity contribution >= 4 is 131 Å². The number of para-hydroxylation sites is 2. The van der Waals surface area contributed by atoms with E-state index in [9.17, 15) is 81.1 Å². The van der Waals surface area contributed by atoms with Gasteiger partial charge in [0.1, 0.15) is 37.5 Å². The van der Waals surface area contributed by atoms with Gasteiger partial charge in [0.2, 0.25) is 29.5 Å². The average Bonchev–Trinajstić information content (AvgIpc) is 1.58. The summed E-state index contributed by atoms with van der Waals surface area (Å²) in [5.74, 6) is -1.68. The van der Waals surface area contributed by atoms with E-state index in [4.69, 9.17) is 0 Å². The van der Waals surface area contributed by atoms with Gasteiger partial charge in [0.25, 0.3) is 33.7 Å². The Morgan fingerprint density at radius 1 is 0.362 bits per heavy atom. The third-order valence-electron chi connectivity index (χ3n) is 22.4. The molecular formula is C94H103FN26O16S. The minimum absolute atomic E-state index is 0.0496. The number of imidazole rings is 5. The Morgan fingerprint density at radius 3 is 1.07 bits per heavy atom. The standard InChI is InChI=1S/C21H19N5O3S.C20H25N5O3.C19H22N6O4.C18H21N5O3.C16H16FN5O3/c1-24-19-18(20(28)25(2)21(24)29)26(13-22-19)12-17(27)23-15-10-6-7-11-16(15)30-14-8-4-3-5-9-14;1-12(2)13-7-9-14(10-8-13)22-18(27)20(3,4)25-11-21-16-15(25)17(26)24(6)19(28)23(16)5;1-11(2)21-17(27)12-7-5-6-8-13(12)22-14(26)9-25-10-20-16-15(25)18(28)24(4)19(29)23(16)3;1-11(2)12-5-7-13(8-6-12)20-14(24)9-23-10-19-16-15(23)17(25)22(4)18(26)21(16)3;1-9-4-10(17)6-11(5-9)19-12(23)7-22-8-18-14-13(22)15(24)21(3)16(25)20(14)2/h3-11,13H,12H2,1-2H3,(H,23,27);7-12H,1-6H3,(H,22,27);5-8,10-11H,9H2,1-4H3,(H,21,27)(H,22,26);5-8,10-11H,9H2,1-4H3,(H,20,24);4-6,8H,7H2,1-3H3,(H,19,23). The molecule has 10 heterocycles. The molecule has 6 N–H and O–H groups in total. The van der Waals surface area contributed by atoms with Crippen molar-refractivity contribution in [2.24, 2.45) is 70.5 Å². The summed E-state index contributed by atoms with van der Waals surface area (Å²) < 4.78 is 31.9. The molecule has 0 spiro atoms. The second kappa shape index (κ2) is 41.8. The highest BCUT2D eigenvalue weighted by molar-refractivity contribution is 7.99. The molecule has 6 amide bonds. The monoisotopic (exact) mass is 1900 g/mol. The van der Waals surface area contributed by atoms with Crippen molar-refractivity contribution < 1.29 is 33.2 Å². The number of aryl methyl sites for hydroxylation is 6. The number of fused-ring (bicyclic) bond motifs is 5. The fraction of sp³-hybridized carbons (Fsp3) is 0.287. The van der Waals surface area contributed by atoms with Crippen LogP contribution < -0.4 is 88.1 Å². The summed E-state index contributed by atoms with van der Waals surface area (Å²) in [6.45, 7) is 16.7. The first-order valence-corrected chi connectivity index (χ1v) is 43.9. The van der Waals surface area contributed by atoms with Crippen molar-refractivity contribution in [2.45, 2.75) is 122 Å². The van der Waals surface area contributed by atoms with Crippen LogP contribution in [0.1, 0.15) is 94.3 Å². The molecule has 42 nitrogen and oxygen atoms in total. The summed E-state index contributed by atoms with van der Waals surface area (Å²) in [7, 11) is 14.6. The highest BCUT2D eigenvalue weighted by Crippen LogP contribution is 2.34. The van der Waals surface area contributed by atoms with Crippen molar-refractivity contribution in [3.8, 4) is 0 Å². The maximum Gasteiger partial charge on any atom is 0.332 e. The van der Waals surface area contributed by atoms with E-state index in [1.54, 1.807) is 77.0 Å². The molecule has 0 saturated carbocycles. The molecule has 16 rings (SSSR count). The van der Waals surface area contributed by atoms with E-state index in [2.05, 4.69) is 84.5 Å². The molecule has 718 valence electrons. The van der Waals surface area contributed by atoms with Gasteiger partial charge in [0.05, 0.1) is 48.6 Å². The van der Waals surface area contributed by atoms with Crippen LogP contribution in [-0.2, 0) is 126 Å². The van der Waals surface area contributed by atoms with E-state index in [-0.39, 0.29) is 112 Å². The first-order chi connectivity index (χ1) is 65.3. The van der Waals surface area contributed by atoms with Gasteiger partial charge in [-0.2, -0.15) is 0 Å². The highest BCUT2D eigenvalue weighted by atomic mass is 32.2. The number of nitrogens with zero attached hydrogens (tertiary/aromatic N) is 20. The fourth-order valence-electron chi connectivity index (χ4n) is 14.7. The second-order valence-corrected chi connectivity index (χ2v) is 35.0. The number of rotatable bonds is 21. The quantitative estimate of drug-likeness (QED) is 0.0474. The Morgan fingerprint density at radius 2 is 0.688 bits per heavy atom. The zero-order valence-corrected chi connectivity index (χ0v) is 79.9. The van der Waals surface area contributed by atoms with Gasteiger partial charge in [-0.3, -0.25) is 98.4 Å². The molecule has 0 fully saturated rings. The summed E-state index contributed by atoms with van der Waals surface area (Å²) in [5.41, 5.74) is 2.18. The average molecular weight is 1900 g/mol. The molecule has 6 aromatic carbocycles. The van der Waals surface area contributed by atoms with Crippen LogP contribution in [0.15, 0.2) is 235 Å². The molecule has 0 aliphatic heterocycles. The summed E-state index contributed by atoms with van der Waals surface area (Å²) in [5, 5.41) is 16.7. The third-order valence-corrected chi connectivity index (χ3v) is 23.5. The maximum atomic E-state index is 13.4. The Kier molecular flexibility index (Phi) is 30.3. The molecule has 0 atom stereocenters. The molecule has 44 heteroatoms. The van der Waals surface area contributed by atoms with Gasteiger partial charge in [-0.05, 0) is 142 Å². The van der Waals surface area contributed by atoms with Crippen LogP contribution >= 0.6 is 11.8 Å². The number of carbonyl (C=O) groups is 6. The number of anilines is 5. The van der Waals surface area contributed by atoms with Crippen LogP contribution in [-0.4, -0.2) is 135 Å². The number of hydrogen-bond acceptors (Lipinski definition) is 22. The second-order valence-electron chi connectivity index (χ2n) is 33.9. The number of hydrogen-bond donors (Lipinski definition) is 6. The zero-order valence-electron chi connectivity index (χ0n) is 79.1. The molecular weight excluding hydrogens is 1800 g/mol. The number of aromatic nitrogens is 20. The minimum Gasteiger partial charge on any atom is -0.350 e. The maximum absolute atomic E-state index is 13.4. The number of halogens is 1. The van der Waals surface area contributed by atoms with Crippen LogP contribution in [0.25, 0.3) is 55.8 Å². The van der Waals surface area contributed by atoms with E-state index in [1.165, 1.54) is 157 Å². The SMILES string of the molecule is CC(C)NC(=O)c1ccccc1NC(=O)Cn1cnc2c1c(=O)n(C)c(=O)n2C.CC(C)c1ccc(NC(=O)C(C)(C)n2cnc3c2c(=O)n(C)c(=O)n3C)cc1.CC(C)c1ccc(NC(=O)Cn2cnc3c2c(=O)n(C)c(=O)n3C)cc1.Cc1cc(F)cc(NC(=O)Cn2cnc3c2c(=O)n(C)c(=O)n3C)c1.Cn1c(=O)c2c(ncn2CC(=O)Nc2ccccc2Sc2ccccc2)n(C)c1=O.